The van der Waals surface area contributed by atoms with Gasteiger partial charge in [0.15, 0.2) is 0 Å². The summed E-state index contributed by atoms with van der Waals surface area (Å²) in [5, 5.41) is 5.74. The van der Waals surface area contributed by atoms with E-state index in [4.69, 9.17) is 10.5 Å². The maximum atomic E-state index is 12.8. The van der Waals surface area contributed by atoms with Gasteiger partial charge in [0.05, 0.1) is 11.4 Å². The van der Waals surface area contributed by atoms with Crippen molar-refractivity contribution in [2.24, 2.45) is 0 Å². The molecular formula is C14H22FN3O2. The Balaban J connectivity index is 2.21. The molecule has 0 spiro atoms. The average Bonchev–Trinajstić information content (AvgIpc) is 2.28. The minimum atomic E-state index is -0.495. The van der Waals surface area contributed by atoms with Crippen molar-refractivity contribution in [2.75, 3.05) is 24.1 Å². The molecule has 1 rings (SSSR count). The number of hydrogen-bond acceptors (Lipinski definition) is 4. The molecule has 5 nitrogen and oxygen atoms in total. The van der Waals surface area contributed by atoms with E-state index in [1.807, 2.05) is 20.8 Å². The van der Waals surface area contributed by atoms with Crippen molar-refractivity contribution in [1.29, 1.82) is 0 Å². The summed E-state index contributed by atoms with van der Waals surface area (Å²) in [6, 6.07) is 4.20. The lowest BCUT2D eigenvalue weighted by Gasteiger charge is -2.19. The fourth-order valence-corrected chi connectivity index (χ4v) is 1.51. The van der Waals surface area contributed by atoms with Crippen LogP contribution in [0.2, 0.25) is 0 Å². The summed E-state index contributed by atoms with van der Waals surface area (Å²) in [6.45, 7) is 6.54. The van der Waals surface area contributed by atoms with Crippen LogP contribution < -0.4 is 16.4 Å². The van der Waals surface area contributed by atoms with E-state index >= 15 is 0 Å². The first-order valence-electron chi connectivity index (χ1n) is 6.54. The number of carbonyl (C=O) groups is 1. The largest absolute Gasteiger partial charge is 0.444 e. The molecule has 0 aliphatic carbocycles. The van der Waals surface area contributed by atoms with Gasteiger partial charge in [-0.05, 0) is 45.4 Å². The van der Waals surface area contributed by atoms with E-state index in [1.165, 1.54) is 12.1 Å². The van der Waals surface area contributed by atoms with Crippen molar-refractivity contribution < 1.29 is 13.9 Å². The van der Waals surface area contributed by atoms with E-state index in [2.05, 4.69) is 10.6 Å². The van der Waals surface area contributed by atoms with E-state index < -0.39 is 11.7 Å². The quantitative estimate of drug-likeness (QED) is 0.573. The van der Waals surface area contributed by atoms with Crippen LogP contribution in [-0.4, -0.2) is 24.8 Å². The summed E-state index contributed by atoms with van der Waals surface area (Å²) < 4.78 is 17.9. The van der Waals surface area contributed by atoms with Gasteiger partial charge in [0, 0.05) is 13.1 Å². The van der Waals surface area contributed by atoms with E-state index in [9.17, 15) is 9.18 Å². The van der Waals surface area contributed by atoms with Crippen LogP contribution in [0.1, 0.15) is 27.2 Å². The van der Waals surface area contributed by atoms with Crippen molar-refractivity contribution >= 4 is 17.5 Å². The standard InChI is InChI=1S/C14H22FN3O2/c1-14(2,3)20-13(19)18-8-4-7-17-12-6-5-10(15)9-11(12)16/h5-6,9,17H,4,7-8,16H2,1-3H3,(H,18,19). The number of alkyl carbamates (subject to hydrolysis) is 1. The van der Waals surface area contributed by atoms with Gasteiger partial charge in [0.25, 0.3) is 0 Å². The number of anilines is 2. The Morgan fingerprint density at radius 2 is 2.05 bits per heavy atom. The number of nitrogens with one attached hydrogen (secondary N) is 2. The van der Waals surface area contributed by atoms with Gasteiger partial charge >= 0.3 is 6.09 Å². The molecule has 20 heavy (non-hydrogen) atoms. The number of nitrogen functional groups attached to an aromatic ring is 1. The molecule has 0 saturated carbocycles. The molecule has 0 atom stereocenters. The Labute approximate surface area is 118 Å². The van der Waals surface area contributed by atoms with Crippen molar-refractivity contribution in [3.05, 3.63) is 24.0 Å². The molecule has 4 N–H and O–H groups in total. The minimum Gasteiger partial charge on any atom is -0.444 e. The molecule has 0 bridgehead atoms. The average molecular weight is 283 g/mol. The highest BCUT2D eigenvalue weighted by Gasteiger charge is 2.15. The number of nitrogens with two attached hydrogens (primary N) is 1. The smallest absolute Gasteiger partial charge is 0.407 e. The second-order valence-corrected chi connectivity index (χ2v) is 5.44. The predicted molar refractivity (Wildman–Crippen MR) is 78.2 cm³/mol. The third-order valence-corrected chi connectivity index (χ3v) is 2.35. The normalized spacial score (nSPS) is 11.0. The van der Waals surface area contributed by atoms with Gasteiger partial charge in [0.1, 0.15) is 11.4 Å². The number of halogens is 1. The van der Waals surface area contributed by atoms with Crippen LogP contribution in [0.25, 0.3) is 0 Å². The fraction of sp³-hybridized carbons (Fsp3) is 0.500. The Bertz CT molecular complexity index is 458. The second-order valence-electron chi connectivity index (χ2n) is 5.44. The second kappa shape index (κ2) is 6.98. The molecule has 1 aromatic rings. The summed E-state index contributed by atoms with van der Waals surface area (Å²) in [6.07, 6.45) is 0.273. The lowest BCUT2D eigenvalue weighted by atomic mass is 10.2. The first kappa shape index (κ1) is 16.1. The minimum absolute atomic E-state index is 0.361. The Hall–Kier alpha value is -1.98. The first-order chi connectivity index (χ1) is 9.28. The molecule has 0 radical (unpaired) electrons. The molecule has 1 aromatic carbocycles. The van der Waals surface area contributed by atoms with Gasteiger partial charge in [-0.15, -0.1) is 0 Å². The topological polar surface area (TPSA) is 76.4 Å². The lowest BCUT2D eigenvalue weighted by molar-refractivity contribution is 0.0528. The summed E-state index contributed by atoms with van der Waals surface area (Å²) >= 11 is 0. The zero-order chi connectivity index (χ0) is 15.2. The molecule has 0 saturated heterocycles. The van der Waals surface area contributed by atoms with Crippen LogP contribution in [0.3, 0.4) is 0 Å². The molecular weight excluding hydrogens is 261 g/mol. The Morgan fingerprint density at radius 1 is 1.35 bits per heavy atom. The van der Waals surface area contributed by atoms with Crippen LogP contribution in [0.5, 0.6) is 0 Å². The van der Waals surface area contributed by atoms with Crippen LogP contribution in [0, 0.1) is 5.82 Å². The number of rotatable bonds is 5. The maximum Gasteiger partial charge on any atom is 0.407 e. The molecule has 0 aliphatic heterocycles. The van der Waals surface area contributed by atoms with Crippen molar-refractivity contribution in [2.45, 2.75) is 32.8 Å². The summed E-state index contributed by atoms with van der Waals surface area (Å²) in [5.74, 6) is -0.361. The van der Waals surface area contributed by atoms with Crippen LogP contribution in [0.15, 0.2) is 18.2 Å². The fourth-order valence-electron chi connectivity index (χ4n) is 1.51. The molecule has 0 aliphatic rings. The zero-order valence-corrected chi connectivity index (χ0v) is 12.1. The molecule has 1 amide bonds. The summed E-state index contributed by atoms with van der Waals surface area (Å²) in [7, 11) is 0. The van der Waals surface area contributed by atoms with Crippen molar-refractivity contribution in [3.8, 4) is 0 Å². The highest BCUT2D eigenvalue weighted by molar-refractivity contribution is 5.67. The third-order valence-electron chi connectivity index (χ3n) is 2.35. The third kappa shape index (κ3) is 6.26. The molecule has 112 valence electrons. The van der Waals surface area contributed by atoms with E-state index in [0.29, 0.717) is 30.9 Å². The molecule has 0 heterocycles. The Kier molecular flexibility index (Phi) is 5.61. The van der Waals surface area contributed by atoms with Crippen molar-refractivity contribution in [3.63, 3.8) is 0 Å². The monoisotopic (exact) mass is 283 g/mol. The van der Waals surface area contributed by atoms with Gasteiger partial charge in [0.2, 0.25) is 0 Å². The van der Waals surface area contributed by atoms with Gasteiger partial charge < -0.3 is 21.1 Å². The molecule has 0 aromatic heterocycles. The van der Waals surface area contributed by atoms with Crippen LogP contribution in [-0.2, 0) is 4.74 Å². The van der Waals surface area contributed by atoms with Gasteiger partial charge in [-0.1, -0.05) is 0 Å². The Morgan fingerprint density at radius 3 is 2.65 bits per heavy atom. The van der Waals surface area contributed by atoms with Gasteiger partial charge in [-0.25, -0.2) is 9.18 Å². The zero-order valence-electron chi connectivity index (χ0n) is 12.1. The predicted octanol–water partition coefficient (Wildman–Crippen LogP) is 2.73. The summed E-state index contributed by atoms with van der Waals surface area (Å²) in [4.78, 5) is 11.4. The number of carbonyl (C=O) groups excluding carboxylic acids is 1. The maximum absolute atomic E-state index is 12.8. The molecule has 6 heteroatoms. The summed E-state index contributed by atoms with van der Waals surface area (Å²) in [5.41, 5.74) is 6.22. The van der Waals surface area contributed by atoms with E-state index in [0.717, 1.165) is 0 Å². The SMILES string of the molecule is CC(C)(C)OC(=O)NCCCNc1ccc(F)cc1N. The molecule has 0 unspecified atom stereocenters. The molecule has 0 fully saturated rings. The number of benzene rings is 1. The number of amides is 1. The van der Waals surface area contributed by atoms with E-state index in [-0.39, 0.29) is 5.82 Å². The van der Waals surface area contributed by atoms with Crippen LogP contribution >= 0.6 is 0 Å². The van der Waals surface area contributed by atoms with Gasteiger partial charge in [-0.3, -0.25) is 0 Å². The number of ether oxygens (including phenoxy) is 1. The van der Waals surface area contributed by atoms with Crippen molar-refractivity contribution in [1.82, 2.24) is 5.32 Å². The van der Waals surface area contributed by atoms with Crippen LogP contribution in [0.4, 0.5) is 20.6 Å². The highest BCUT2D eigenvalue weighted by Crippen LogP contribution is 2.18. The highest BCUT2D eigenvalue weighted by atomic mass is 19.1. The van der Waals surface area contributed by atoms with E-state index in [1.54, 1.807) is 6.07 Å². The first-order valence-corrected chi connectivity index (χ1v) is 6.54. The number of hydrogen-bond donors (Lipinski definition) is 3. The lowest BCUT2D eigenvalue weighted by Crippen LogP contribution is -2.33. The van der Waals surface area contributed by atoms with Gasteiger partial charge in [-0.2, -0.15) is 0 Å².